The molecule has 5 nitrogen and oxygen atoms in total. The van der Waals surface area contributed by atoms with Crippen molar-refractivity contribution in [1.82, 2.24) is 20.4 Å². The highest BCUT2D eigenvalue weighted by atomic mass is 127. The molecule has 26 heavy (non-hydrogen) atoms. The molecule has 1 aromatic carbocycles. The number of guanidine groups is 1. The van der Waals surface area contributed by atoms with E-state index in [4.69, 9.17) is 0 Å². The summed E-state index contributed by atoms with van der Waals surface area (Å²) in [5.74, 6) is 0.956. The van der Waals surface area contributed by atoms with E-state index < -0.39 is 0 Å². The highest BCUT2D eigenvalue weighted by Crippen LogP contribution is 2.08. The normalized spacial score (nSPS) is 16.2. The zero-order valence-corrected chi connectivity index (χ0v) is 18.7. The minimum Gasteiger partial charge on any atom is -0.357 e. The average molecular weight is 473 g/mol. The van der Waals surface area contributed by atoms with E-state index >= 15 is 0 Å². The van der Waals surface area contributed by atoms with Crippen LogP contribution in [0, 0.1) is 0 Å². The molecule has 0 saturated carbocycles. The molecule has 1 aliphatic heterocycles. The van der Waals surface area contributed by atoms with Crippen LogP contribution in [-0.2, 0) is 6.54 Å². The number of hydrogen-bond donors (Lipinski definition) is 2. The first-order chi connectivity index (χ1) is 12.3. The first-order valence-electron chi connectivity index (χ1n) is 9.82. The van der Waals surface area contributed by atoms with Crippen molar-refractivity contribution in [2.75, 3.05) is 52.4 Å². The van der Waals surface area contributed by atoms with Crippen molar-refractivity contribution in [3.05, 3.63) is 35.9 Å². The fourth-order valence-corrected chi connectivity index (χ4v) is 3.09. The molecule has 0 amide bonds. The highest BCUT2D eigenvalue weighted by molar-refractivity contribution is 14.0. The Balaban J connectivity index is 0.00000338. The summed E-state index contributed by atoms with van der Waals surface area (Å²) in [7, 11) is 0. The Labute approximate surface area is 176 Å². The second-order valence-electron chi connectivity index (χ2n) is 6.64. The number of hydrogen-bond acceptors (Lipinski definition) is 3. The lowest BCUT2D eigenvalue weighted by Gasteiger charge is -2.34. The van der Waals surface area contributed by atoms with E-state index in [1.807, 2.05) is 0 Å². The Morgan fingerprint density at radius 2 is 1.69 bits per heavy atom. The van der Waals surface area contributed by atoms with E-state index in [0.29, 0.717) is 0 Å². The maximum Gasteiger partial charge on any atom is 0.191 e. The fraction of sp³-hybridized carbons (Fsp3) is 0.650. The molecule has 2 N–H and O–H groups in total. The summed E-state index contributed by atoms with van der Waals surface area (Å²) in [6.45, 7) is 14.0. The summed E-state index contributed by atoms with van der Waals surface area (Å²) in [5.41, 5.74) is 1.42. The van der Waals surface area contributed by atoms with Gasteiger partial charge >= 0.3 is 0 Å². The summed E-state index contributed by atoms with van der Waals surface area (Å²) in [5, 5.41) is 6.74. The van der Waals surface area contributed by atoms with Gasteiger partial charge in [-0.25, -0.2) is 0 Å². The Morgan fingerprint density at radius 3 is 2.35 bits per heavy atom. The molecule has 1 fully saturated rings. The molecular formula is C20H36IN5. The van der Waals surface area contributed by atoms with E-state index in [1.165, 1.54) is 38.3 Å². The number of nitrogens with one attached hydrogen (secondary N) is 2. The third kappa shape index (κ3) is 9.19. The molecule has 0 spiro atoms. The maximum atomic E-state index is 4.54. The van der Waals surface area contributed by atoms with Gasteiger partial charge in [0.2, 0.25) is 0 Å². The molecule has 0 bridgehead atoms. The van der Waals surface area contributed by atoms with Crippen molar-refractivity contribution in [3.63, 3.8) is 0 Å². The zero-order chi connectivity index (χ0) is 17.7. The Hall–Kier alpha value is -0.860. The number of aliphatic imine (C=N–C) groups is 1. The van der Waals surface area contributed by atoms with Gasteiger partial charge in [-0.2, -0.15) is 0 Å². The van der Waals surface area contributed by atoms with Crippen molar-refractivity contribution in [1.29, 1.82) is 0 Å². The molecule has 2 rings (SSSR count). The molecule has 1 aliphatic rings. The molecule has 1 saturated heterocycles. The minimum absolute atomic E-state index is 0. The van der Waals surface area contributed by atoms with E-state index in [0.717, 1.165) is 45.0 Å². The Bertz CT molecular complexity index is 486. The standard InChI is InChI=1S/C20H35N5.HI/c1-3-11-22-20(21-4-2)23-12-8-13-24-14-16-25(17-15-24)18-19-9-6-5-7-10-19;/h5-7,9-10H,3-4,8,11-18H2,1-2H3,(H2,21,22,23);1H. The maximum absolute atomic E-state index is 4.54. The summed E-state index contributed by atoms with van der Waals surface area (Å²) >= 11 is 0. The van der Waals surface area contributed by atoms with Gasteiger partial charge in [-0.1, -0.05) is 37.3 Å². The zero-order valence-electron chi connectivity index (χ0n) is 16.4. The molecule has 6 heteroatoms. The van der Waals surface area contributed by atoms with E-state index in [2.05, 4.69) is 69.6 Å². The molecule has 0 aromatic heterocycles. The van der Waals surface area contributed by atoms with Gasteiger partial charge in [0.25, 0.3) is 0 Å². The van der Waals surface area contributed by atoms with Crippen LogP contribution in [0.15, 0.2) is 35.3 Å². The number of halogens is 1. The predicted octanol–water partition coefficient (Wildman–Crippen LogP) is 2.78. The number of nitrogens with zero attached hydrogens (tertiary/aromatic N) is 3. The molecule has 148 valence electrons. The lowest BCUT2D eigenvalue weighted by molar-refractivity contribution is 0.126. The molecule has 1 heterocycles. The largest absolute Gasteiger partial charge is 0.357 e. The van der Waals surface area contributed by atoms with Crippen molar-refractivity contribution >= 4 is 29.9 Å². The lowest BCUT2D eigenvalue weighted by atomic mass is 10.2. The third-order valence-corrected chi connectivity index (χ3v) is 4.50. The van der Waals surface area contributed by atoms with Gasteiger partial charge in [0.15, 0.2) is 5.96 Å². The van der Waals surface area contributed by atoms with Crippen molar-refractivity contribution in [2.24, 2.45) is 4.99 Å². The smallest absolute Gasteiger partial charge is 0.191 e. The molecule has 1 aromatic rings. The summed E-state index contributed by atoms with van der Waals surface area (Å²) in [6.07, 6.45) is 2.25. The monoisotopic (exact) mass is 473 g/mol. The Morgan fingerprint density at radius 1 is 1.00 bits per heavy atom. The lowest BCUT2D eigenvalue weighted by Crippen LogP contribution is -2.46. The number of rotatable bonds is 9. The van der Waals surface area contributed by atoms with E-state index in [9.17, 15) is 0 Å². The van der Waals surface area contributed by atoms with Crippen LogP contribution in [0.25, 0.3) is 0 Å². The molecule has 0 atom stereocenters. The second-order valence-corrected chi connectivity index (χ2v) is 6.64. The van der Waals surface area contributed by atoms with Crippen LogP contribution in [0.5, 0.6) is 0 Å². The van der Waals surface area contributed by atoms with Crippen LogP contribution in [0.4, 0.5) is 0 Å². The Kier molecular flexibility index (Phi) is 12.7. The van der Waals surface area contributed by atoms with Crippen LogP contribution in [0.2, 0.25) is 0 Å². The minimum atomic E-state index is 0. The van der Waals surface area contributed by atoms with Crippen LogP contribution >= 0.6 is 24.0 Å². The van der Waals surface area contributed by atoms with Crippen molar-refractivity contribution in [2.45, 2.75) is 33.2 Å². The SMILES string of the molecule is CCCN=C(NCC)NCCCN1CCN(Cc2ccccc2)CC1.I. The van der Waals surface area contributed by atoms with Crippen LogP contribution in [0.3, 0.4) is 0 Å². The number of piperazine rings is 1. The van der Waals surface area contributed by atoms with Gasteiger partial charge in [0.1, 0.15) is 0 Å². The van der Waals surface area contributed by atoms with Crippen molar-refractivity contribution < 1.29 is 0 Å². The predicted molar refractivity (Wildman–Crippen MR) is 122 cm³/mol. The second kappa shape index (κ2) is 14.2. The van der Waals surface area contributed by atoms with Gasteiger partial charge in [-0.3, -0.25) is 9.89 Å². The van der Waals surface area contributed by atoms with Gasteiger partial charge in [0, 0.05) is 52.4 Å². The molecule has 0 radical (unpaired) electrons. The van der Waals surface area contributed by atoms with Crippen LogP contribution in [0.1, 0.15) is 32.3 Å². The topological polar surface area (TPSA) is 42.9 Å². The summed E-state index contributed by atoms with van der Waals surface area (Å²) in [4.78, 5) is 9.68. The van der Waals surface area contributed by atoms with Gasteiger partial charge in [0.05, 0.1) is 0 Å². The van der Waals surface area contributed by atoms with E-state index in [-0.39, 0.29) is 24.0 Å². The number of benzene rings is 1. The van der Waals surface area contributed by atoms with E-state index in [1.54, 1.807) is 0 Å². The molecular weight excluding hydrogens is 437 g/mol. The quantitative estimate of drug-likeness (QED) is 0.251. The highest BCUT2D eigenvalue weighted by Gasteiger charge is 2.16. The third-order valence-electron chi connectivity index (χ3n) is 4.50. The summed E-state index contributed by atoms with van der Waals surface area (Å²) < 4.78 is 0. The van der Waals surface area contributed by atoms with Crippen LogP contribution < -0.4 is 10.6 Å². The van der Waals surface area contributed by atoms with Gasteiger partial charge in [-0.15, -0.1) is 24.0 Å². The van der Waals surface area contributed by atoms with Crippen LogP contribution in [-0.4, -0.2) is 68.1 Å². The first kappa shape index (κ1) is 23.2. The van der Waals surface area contributed by atoms with Gasteiger partial charge in [-0.05, 0) is 31.9 Å². The average Bonchev–Trinajstić information content (AvgIpc) is 2.65. The first-order valence-corrected chi connectivity index (χ1v) is 9.82. The summed E-state index contributed by atoms with van der Waals surface area (Å²) in [6, 6.07) is 10.8. The molecule has 0 unspecified atom stereocenters. The van der Waals surface area contributed by atoms with Crippen molar-refractivity contribution in [3.8, 4) is 0 Å². The van der Waals surface area contributed by atoms with Gasteiger partial charge < -0.3 is 15.5 Å². The fourth-order valence-electron chi connectivity index (χ4n) is 3.09. The molecule has 0 aliphatic carbocycles.